The van der Waals surface area contributed by atoms with E-state index in [0.29, 0.717) is 5.56 Å². The van der Waals surface area contributed by atoms with Crippen LogP contribution >= 0.6 is 0 Å². The second-order valence-electron chi connectivity index (χ2n) is 5.59. The number of benzene rings is 1. The number of hydrogen-bond donors (Lipinski definition) is 2. The maximum atomic E-state index is 12.8. The second kappa shape index (κ2) is 6.83. The van der Waals surface area contributed by atoms with Gasteiger partial charge < -0.3 is 15.6 Å². The van der Waals surface area contributed by atoms with Crippen LogP contribution in [0.1, 0.15) is 37.3 Å². The third-order valence-electron chi connectivity index (χ3n) is 4.02. The topological polar surface area (TPSA) is 55.5 Å². The molecule has 0 amide bonds. The van der Waals surface area contributed by atoms with Crippen LogP contribution in [0.4, 0.5) is 17.6 Å². The van der Waals surface area contributed by atoms with Crippen molar-refractivity contribution >= 4 is 0 Å². The van der Waals surface area contributed by atoms with Gasteiger partial charge >= 0.3 is 12.5 Å². The molecule has 1 aromatic carbocycles. The van der Waals surface area contributed by atoms with Crippen molar-refractivity contribution in [2.75, 3.05) is 0 Å². The molecule has 0 bridgehead atoms. The van der Waals surface area contributed by atoms with Crippen molar-refractivity contribution in [2.24, 2.45) is 11.7 Å². The first-order valence-corrected chi connectivity index (χ1v) is 7.20. The summed E-state index contributed by atoms with van der Waals surface area (Å²) in [4.78, 5) is 0. The number of ether oxygens (including phenoxy) is 1. The van der Waals surface area contributed by atoms with E-state index in [4.69, 9.17) is 5.73 Å². The molecule has 3 N–H and O–H groups in total. The minimum Gasteiger partial charge on any atom is -0.428 e. The Kier molecular flexibility index (Phi) is 5.28. The molecular weight excluding hydrogens is 302 g/mol. The van der Waals surface area contributed by atoms with Crippen LogP contribution in [0.15, 0.2) is 24.3 Å². The smallest absolute Gasteiger partial charge is 0.428 e. The number of aliphatic hydroxyl groups excluding tert-OH is 1. The summed E-state index contributed by atoms with van der Waals surface area (Å²) >= 11 is 0. The molecule has 7 heteroatoms. The first-order valence-electron chi connectivity index (χ1n) is 7.20. The van der Waals surface area contributed by atoms with Crippen LogP contribution < -0.4 is 10.5 Å². The number of aliphatic hydroxyl groups is 1. The lowest BCUT2D eigenvalue weighted by Gasteiger charge is -2.25. The first-order chi connectivity index (χ1) is 10.3. The summed E-state index contributed by atoms with van der Waals surface area (Å²) in [6.07, 6.45) is -5.20. The molecule has 1 fully saturated rings. The van der Waals surface area contributed by atoms with Gasteiger partial charge in [-0.1, -0.05) is 25.0 Å². The van der Waals surface area contributed by atoms with Crippen LogP contribution in [0.5, 0.6) is 5.75 Å². The zero-order valence-corrected chi connectivity index (χ0v) is 11.9. The fourth-order valence-corrected chi connectivity index (χ4v) is 2.75. The van der Waals surface area contributed by atoms with Crippen molar-refractivity contribution in [3.05, 3.63) is 29.8 Å². The van der Waals surface area contributed by atoms with Gasteiger partial charge in [-0.3, -0.25) is 0 Å². The van der Waals surface area contributed by atoms with Crippen LogP contribution in [0.2, 0.25) is 0 Å². The van der Waals surface area contributed by atoms with E-state index in [0.717, 1.165) is 37.8 Å². The molecular formula is C15H19F4NO2. The molecule has 0 heterocycles. The number of rotatable bonds is 6. The van der Waals surface area contributed by atoms with Crippen molar-refractivity contribution in [3.8, 4) is 5.75 Å². The lowest BCUT2D eigenvalue weighted by Crippen LogP contribution is -2.33. The van der Waals surface area contributed by atoms with E-state index in [1.165, 1.54) is 12.1 Å². The molecule has 0 radical (unpaired) electrons. The van der Waals surface area contributed by atoms with E-state index in [1.807, 2.05) is 0 Å². The highest BCUT2D eigenvalue weighted by Gasteiger charge is 2.44. The Bertz CT molecular complexity index is 475. The maximum Gasteiger partial charge on any atom is 0.461 e. The number of hydrogen-bond acceptors (Lipinski definition) is 3. The Morgan fingerprint density at radius 1 is 1.14 bits per heavy atom. The summed E-state index contributed by atoms with van der Waals surface area (Å²) in [6.45, 7) is 0. The van der Waals surface area contributed by atoms with Crippen molar-refractivity contribution < 1.29 is 27.4 Å². The molecule has 22 heavy (non-hydrogen) atoms. The van der Waals surface area contributed by atoms with Gasteiger partial charge in [-0.2, -0.15) is 17.6 Å². The van der Waals surface area contributed by atoms with E-state index >= 15 is 0 Å². The van der Waals surface area contributed by atoms with Gasteiger partial charge in [0.05, 0.1) is 12.1 Å². The molecule has 0 unspecified atom stereocenters. The normalized spacial score (nSPS) is 19.4. The van der Waals surface area contributed by atoms with Crippen LogP contribution in [-0.4, -0.2) is 23.7 Å². The molecule has 1 aliphatic rings. The molecule has 3 nitrogen and oxygen atoms in total. The molecule has 0 saturated heterocycles. The molecule has 1 aliphatic carbocycles. The quantitative estimate of drug-likeness (QED) is 0.789. The fraction of sp³-hybridized carbons (Fsp3) is 0.600. The molecule has 124 valence electrons. The van der Waals surface area contributed by atoms with Gasteiger partial charge in [0.15, 0.2) is 0 Å². The third kappa shape index (κ3) is 3.89. The van der Waals surface area contributed by atoms with Crippen LogP contribution in [0.25, 0.3) is 0 Å². The number of halogens is 4. The van der Waals surface area contributed by atoms with Gasteiger partial charge in [-0.25, -0.2) is 0 Å². The van der Waals surface area contributed by atoms with Gasteiger partial charge in [0, 0.05) is 0 Å². The van der Waals surface area contributed by atoms with Gasteiger partial charge in [0.2, 0.25) is 0 Å². The molecule has 2 rings (SSSR count). The summed E-state index contributed by atoms with van der Waals surface area (Å²) in [5, 5.41) is 10.2. The monoisotopic (exact) mass is 321 g/mol. The highest BCUT2D eigenvalue weighted by atomic mass is 19.3. The minimum atomic E-state index is -4.53. The predicted octanol–water partition coefficient (Wildman–Crippen LogP) is 3.47. The molecule has 0 aliphatic heterocycles. The van der Waals surface area contributed by atoms with Crippen molar-refractivity contribution in [1.29, 1.82) is 0 Å². The largest absolute Gasteiger partial charge is 0.461 e. The summed E-state index contributed by atoms with van der Waals surface area (Å²) in [6, 6.07) is 4.45. The molecule has 1 saturated carbocycles. The first kappa shape index (κ1) is 17.0. The zero-order chi connectivity index (χ0) is 16.3. The summed E-state index contributed by atoms with van der Waals surface area (Å²) in [5.41, 5.74) is 6.53. The predicted molar refractivity (Wildman–Crippen MR) is 72.9 cm³/mol. The SMILES string of the molecule is N[C@@H](c1ccc(OC(F)(F)C(F)F)cc1)[C@H](O)C1CCCC1. The van der Waals surface area contributed by atoms with Crippen LogP contribution in [0, 0.1) is 5.92 Å². The van der Waals surface area contributed by atoms with E-state index in [9.17, 15) is 22.7 Å². The standard InChI is InChI=1S/C15H19F4NO2/c16-14(17)15(18,19)22-11-7-5-9(6-8-11)12(20)13(21)10-3-1-2-4-10/h5-8,10,12-14,21H,1-4,20H2/t12-,13+/m0/s1. The summed E-state index contributed by atoms with van der Waals surface area (Å²) in [5.74, 6) is -0.245. The lowest BCUT2D eigenvalue weighted by atomic mass is 9.91. The minimum absolute atomic E-state index is 0.133. The van der Waals surface area contributed by atoms with Crippen molar-refractivity contribution in [1.82, 2.24) is 0 Å². The van der Waals surface area contributed by atoms with E-state index < -0.39 is 24.7 Å². The molecule has 0 spiro atoms. The summed E-state index contributed by atoms with van der Waals surface area (Å²) in [7, 11) is 0. The van der Waals surface area contributed by atoms with Crippen molar-refractivity contribution in [2.45, 2.75) is 50.4 Å². The number of nitrogens with two attached hydrogens (primary N) is 1. The van der Waals surface area contributed by atoms with Gasteiger partial charge in [0.25, 0.3) is 0 Å². The van der Waals surface area contributed by atoms with Crippen LogP contribution in [-0.2, 0) is 0 Å². The Morgan fingerprint density at radius 3 is 2.18 bits per heavy atom. The lowest BCUT2D eigenvalue weighted by molar-refractivity contribution is -0.253. The third-order valence-corrected chi connectivity index (χ3v) is 4.02. The Balaban J connectivity index is 2.01. The molecule has 0 aromatic heterocycles. The Labute approximate surface area is 126 Å². The van der Waals surface area contributed by atoms with Gasteiger partial charge in [0.1, 0.15) is 5.75 Å². The zero-order valence-electron chi connectivity index (χ0n) is 11.9. The highest BCUT2D eigenvalue weighted by Crippen LogP contribution is 2.33. The maximum absolute atomic E-state index is 12.8. The average molecular weight is 321 g/mol. The number of alkyl halides is 4. The van der Waals surface area contributed by atoms with Gasteiger partial charge in [-0.15, -0.1) is 0 Å². The summed E-state index contributed by atoms with van der Waals surface area (Å²) < 4.78 is 53.7. The fourth-order valence-electron chi connectivity index (χ4n) is 2.75. The van der Waals surface area contributed by atoms with E-state index in [2.05, 4.69) is 4.74 Å². The highest BCUT2D eigenvalue weighted by molar-refractivity contribution is 5.30. The van der Waals surface area contributed by atoms with Crippen molar-refractivity contribution in [3.63, 3.8) is 0 Å². The Hall–Kier alpha value is -1.34. The van der Waals surface area contributed by atoms with E-state index in [-0.39, 0.29) is 11.7 Å². The average Bonchev–Trinajstić information content (AvgIpc) is 3.00. The van der Waals surface area contributed by atoms with Gasteiger partial charge in [-0.05, 0) is 36.5 Å². The second-order valence-corrected chi connectivity index (χ2v) is 5.59. The molecule has 2 atom stereocenters. The van der Waals surface area contributed by atoms with Crippen LogP contribution in [0.3, 0.4) is 0 Å². The Morgan fingerprint density at radius 2 is 1.68 bits per heavy atom. The van der Waals surface area contributed by atoms with E-state index in [1.54, 1.807) is 0 Å². The molecule has 1 aromatic rings.